The van der Waals surface area contributed by atoms with Crippen LogP contribution in [-0.4, -0.2) is 54.1 Å². The normalized spacial score (nSPS) is 21.2. The monoisotopic (exact) mass is 579 g/mol. The van der Waals surface area contributed by atoms with E-state index in [1.807, 2.05) is 50.0 Å². The van der Waals surface area contributed by atoms with Crippen LogP contribution in [0, 0.1) is 0 Å². The van der Waals surface area contributed by atoms with Crippen molar-refractivity contribution >= 4 is 45.6 Å². The minimum Gasteiger partial charge on any atom is -0.444 e. The third-order valence-corrected chi connectivity index (χ3v) is 8.58. The van der Waals surface area contributed by atoms with Crippen molar-refractivity contribution in [2.75, 3.05) is 4.90 Å². The molecule has 3 atom stereocenters. The number of alkyl carbamates (subject to hydrolysis) is 1. The molecule has 1 unspecified atom stereocenters. The number of aromatic nitrogens is 5. The first-order valence-electron chi connectivity index (χ1n) is 14.3. The number of hydrogen-bond donors (Lipinski definition) is 2. The van der Waals surface area contributed by atoms with Crippen LogP contribution in [-0.2, 0) is 17.3 Å². The van der Waals surface area contributed by atoms with Crippen molar-refractivity contribution in [3.05, 3.63) is 39.9 Å². The number of piperidine rings is 1. The van der Waals surface area contributed by atoms with E-state index in [1.54, 1.807) is 11.6 Å². The minimum absolute atomic E-state index is 0.0242. The lowest BCUT2D eigenvalue weighted by molar-refractivity contribution is 0.0492. The smallest absolute Gasteiger partial charge is 0.407 e. The van der Waals surface area contributed by atoms with Crippen LogP contribution in [0.15, 0.2) is 29.3 Å². The second-order valence-corrected chi connectivity index (χ2v) is 13.8. The third-order valence-electron chi connectivity index (χ3n) is 8.18. The Morgan fingerprint density at radius 1 is 1.10 bits per heavy atom. The number of nitrogens with zero attached hydrogens (tertiary/aromatic N) is 5. The number of aromatic amines is 1. The van der Waals surface area contributed by atoms with Gasteiger partial charge in [0, 0.05) is 54.1 Å². The van der Waals surface area contributed by atoms with Crippen LogP contribution in [0.3, 0.4) is 0 Å². The van der Waals surface area contributed by atoms with Crippen LogP contribution >= 0.6 is 11.6 Å². The Labute approximate surface area is 244 Å². The number of fused-ring (bicyclic) bond motifs is 4. The highest BCUT2D eigenvalue weighted by Crippen LogP contribution is 2.40. The largest absolute Gasteiger partial charge is 0.444 e. The average Bonchev–Trinajstić information content (AvgIpc) is 3.55. The molecule has 2 aliphatic rings. The molecule has 1 amide bonds. The lowest BCUT2D eigenvalue weighted by atomic mass is 9.98. The summed E-state index contributed by atoms with van der Waals surface area (Å²) in [5, 5.41) is 9.65. The Bertz CT molecular complexity index is 1710. The number of amides is 1. The summed E-state index contributed by atoms with van der Waals surface area (Å²) < 4.78 is 9.04. The minimum atomic E-state index is -0.541. The number of halogens is 1. The number of benzene rings is 1. The molecule has 10 nitrogen and oxygen atoms in total. The van der Waals surface area contributed by atoms with Crippen LogP contribution in [0.2, 0.25) is 5.02 Å². The number of carbonyl (C=O) groups excluding carboxylic acids is 1. The standard InChI is InChI=1S/C30H38ClN7O3/c1-29(2,3)37-15-21-22(35-37)11-10-19(24(21)31)20-14-32-25-23(20)26(39)36(7)27(34-25)38-17-8-9-18(38)13-16(12-17)33-28(40)41-30(4,5)6/h10-11,14-18,32H,8-9,12-13H2,1-7H3,(H,33,40)/t16?,17-,18+. The summed E-state index contributed by atoms with van der Waals surface area (Å²) in [5.41, 5.74) is 1.98. The predicted molar refractivity (Wildman–Crippen MR) is 162 cm³/mol. The van der Waals surface area contributed by atoms with E-state index in [1.165, 1.54) is 0 Å². The van der Waals surface area contributed by atoms with Crippen molar-refractivity contribution in [3.63, 3.8) is 0 Å². The lowest BCUT2D eigenvalue weighted by Gasteiger charge is -2.40. The second kappa shape index (κ2) is 9.51. The highest BCUT2D eigenvalue weighted by molar-refractivity contribution is 6.38. The quantitative estimate of drug-likeness (QED) is 0.322. The number of anilines is 1. The Morgan fingerprint density at radius 3 is 2.41 bits per heavy atom. The van der Waals surface area contributed by atoms with E-state index in [0.717, 1.165) is 47.7 Å². The maximum atomic E-state index is 13.9. The molecule has 2 N–H and O–H groups in total. The van der Waals surface area contributed by atoms with Gasteiger partial charge in [-0.05, 0) is 73.3 Å². The molecule has 1 aromatic carbocycles. The van der Waals surface area contributed by atoms with Gasteiger partial charge in [0.1, 0.15) is 11.2 Å². The fraction of sp³-hybridized carbons (Fsp3) is 0.533. The van der Waals surface area contributed by atoms with E-state index in [9.17, 15) is 9.59 Å². The molecule has 4 aromatic rings. The summed E-state index contributed by atoms with van der Waals surface area (Å²) in [6.45, 7) is 11.9. The molecular formula is C30H38ClN7O3. The molecule has 0 spiro atoms. The summed E-state index contributed by atoms with van der Waals surface area (Å²) in [6, 6.07) is 4.24. The number of H-pyrrole nitrogens is 1. The summed E-state index contributed by atoms with van der Waals surface area (Å²) in [4.78, 5) is 36.8. The van der Waals surface area contributed by atoms with Crippen molar-refractivity contribution in [2.45, 2.75) is 96.5 Å². The first-order chi connectivity index (χ1) is 19.2. The van der Waals surface area contributed by atoms with Crippen LogP contribution in [0.25, 0.3) is 33.1 Å². The zero-order valence-corrected chi connectivity index (χ0v) is 25.5. The first kappa shape index (κ1) is 27.6. The highest BCUT2D eigenvalue weighted by atomic mass is 35.5. The third kappa shape index (κ3) is 4.86. The molecule has 5 heterocycles. The van der Waals surface area contributed by atoms with Gasteiger partial charge in [-0.3, -0.25) is 14.0 Å². The second-order valence-electron chi connectivity index (χ2n) is 13.4. The van der Waals surface area contributed by atoms with Gasteiger partial charge in [-0.2, -0.15) is 10.1 Å². The van der Waals surface area contributed by atoms with E-state index >= 15 is 0 Å². The van der Waals surface area contributed by atoms with Gasteiger partial charge < -0.3 is 19.9 Å². The molecule has 41 heavy (non-hydrogen) atoms. The summed E-state index contributed by atoms with van der Waals surface area (Å²) in [7, 11) is 1.78. The molecule has 6 rings (SSSR count). The van der Waals surface area contributed by atoms with Crippen LogP contribution < -0.4 is 15.8 Å². The van der Waals surface area contributed by atoms with Gasteiger partial charge in [0.05, 0.1) is 21.5 Å². The summed E-state index contributed by atoms with van der Waals surface area (Å²) in [6.07, 6.45) is 6.91. The molecule has 0 radical (unpaired) electrons. The van der Waals surface area contributed by atoms with Crippen LogP contribution in [0.1, 0.15) is 67.2 Å². The van der Waals surface area contributed by atoms with E-state index in [0.29, 0.717) is 22.0 Å². The SMILES string of the molecule is Cn1c(N2[C@@H]3CC[C@H]2CC(NC(=O)OC(C)(C)C)C3)nc2[nH]cc(-c3ccc4nn(C(C)(C)C)cc4c3Cl)c2c1=O. The van der Waals surface area contributed by atoms with E-state index in [4.69, 9.17) is 26.4 Å². The Hall–Kier alpha value is -3.53. The fourth-order valence-electron chi connectivity index (χ4n) is 6.30. The number of nitrogens with one attached hydrogen (secondary N) is 2. The van der Waals surface area contributed by atoms with E-state index < -0.39 is 5.60 Å². The molecule has 2 aliphatic heterocycles. The molecule has 11 heteroatoms. The maximum absolute atomic E-state index is 13.9. The van der Waals surface area contributed by atoms with Crippen molar-refractivity contribution < 1.29 is 9.53 Å². The number of ether oxygens (including phenoxy) is 1. The maximum Gasteiger partial charge on any atom is 0.407 e. The zero-order valence-electron chi connectivity index (χ0n) is 24.7. The van der Waals surface area contributed by atoms with Gasteiger partial charge in [-0.1, -0.05) is 17.7 Å². The average molecular weight is 580 g/mol. The molecular weight excluding hydrogens is 542 g/mol. The lowest BCUT2D eigenvalue weighted by Crippen LogP contribution is -2.52. The van der Waals surface area contributed by atoms with Crippen LogP contribution in [0.4, 0.5) is 10.7 Å². The highest BCUT2D eigenvalue weighted by Gasteiger charge is 2.43. The predicted octanol–water partition coefficient (Wildman–Crippen LogP) is 5.71. The molecule has 2 fully saturated rings. The summed E-state index contributed by atoms with van der Waals surface area (Å²) in [5.74, 6) is 0.645. The Balaban J connectivity index is 1.32. The van der Waals surface area contributed by atoms with Gasteiger partial charge >= 0.3 is 6.09 Å². The molecule has 2 bridgehead atoms. The van der Waals surface area contributed by atoms with Gasteiger partial charge in [0.15, 0.2) is 0 Å². The van der Waals surface area contributed by atoms with E-state index in [2.05, 4.69) is 36.0 Å². The molecule has 2 saturated heterocycles. The van der Waals surface area contributed by atoms with Crippen molar-refractivity contribution in [2.24, 2.45) is 7.05 Å². The molecule has 218 valence electrons. The van der Waals surface area contributed by atoms with Crippen molar-refractivity contribution in [1.29, 1.82) is 0 Å². The van der Waals surface area contributed by atoms with Crippen molar-refractivity contribution in [1.82, 2.24) is 29.6 Å². The molecule has 3 aromatic heterocycles. The van der Waals surface area contributed by atoms with Gasteiger partial charge in [-0.15, -0.1) is 0 Å². The first-order valence-corrected chi connectivity index (χ1v) is 14.6. The number of hydrogen-bond acceptors (Lipinski definition) is 6. The summed E-state index contributed by atoms with van der Waals surface area (Å²) >= 11 is 6.93. The van der Waals surface area contributed by atoms with Crippen LogP contribution in [0.5, 0.6) is 0 Å². The fourth-order valence-corrected chi connectivity index (χ4v) is 6.61. The van der Waals surface area contributed by atoms with Gasteiger partial charge in [0.25, 0.3) is 5.56 Å². The van der Waals surface area contributed by atoms with Gasteiger partial charge in [-0.25, -0.2) is 4.79 Å². The Morgan fingerprint density at radius 2 is 1.78 bits per heavy atom. The van der Waals surface area contributed by atoms with Crippen molar-refractivity contribution in [3.8, 4) is 11.1 Å². The zero-order chi connectivity index (χ0) is 29.4. The number of carbonyl (C=O) groups is 1. The van der Waals surface area contributed by atoms with Gasteiger partial charge in [0.2, 0.25) is 5.95 Å². The van der Waals surface area contributed by atoms with E-state index in [-0.39, 0.29) is 35.3 Å². The Kier molecular flexibility index (Phi) is 6.41. The number of rotatable bonds is 3. The molecule has 0 aliphatic carbocycles. The topological polar surface area (TPSA) is 110 Å². The molecule has 0 saturated carbocycles.